The second-order valence-electron chi connectivity index (χ2n) is 11.6. The van der Waals surface area contributed by atoms with Crippen molar-refractivity contribution in [1.29, 1.82) is 0 Å². The number of terminal acetylenes is 1. The molecule has 4 heterocycles. The highest BCUT2D eigenvalue weighted by atomic mass is 35.5. The normalized spacial score (nSPS) is 17.9. The quantitative estimate of drug-likeness (QED) is 0.204. The minimum Gasteiger partial charge on any atom is -0.408 e. The Labute approximate surface area is 293 Å². The maximum atomic E-state index is 14.3. The Kier molecular flexibility index (Phi) is 8.68. The summed E-state index contributed by atoms with van der Waals surface area (Å²) in [7, 11) is 0. The number of aromatic amines is 1. The predicted molar refractivity (Wildman–Crippen MR) is 185 cm³/mol. The van der Waals surface area contributed by atoms with Gasteiger partial charge in [0.1, 0.15) is 12.2 Å². The first-order valence-corrected chi connectivity index (χ1v) is 16.7. The molecule has 7 rings (SSSR count). The van der Waals surface area contributed by atoms with Gasteiger partial charge in [0.15, 0.2) is 10.7 Å². The number of carbonyl (C=O) groups excluding carboxylic acids is 3. The van der Waals surface area contributed by atoms with Crippen LogP contribution in [0.1, 0.15) is 16.7 Å². The van der Waals surface area contributed by atoms with Gasteiger partial charge in [-0.3, -0.25) is 14.6 Å². The first kappa shape index (κ1) is 32.5. The SMILES string of the molecule is C#CCN(C(=O)NCc1ccc(Cl)c(Cl)c1)N1CC(=O)N2[C@@H](Cc3ccc4[nH]c(=O)oc4c3)C(=O)N(Cc3cccc4sc(N)nc34)C[C@@H]21. The zero-order valence-electron chi connectivity index (χ0n) is 25.7. The molecule has 4 N–H and O–H groups in total. The van der Waals surface area contributed by atoms with E-state index in [-0.39, 0.29) is 51.0 Å². The van der Waals surface area contributed by atoms with E-state index in [2.05, 4.69) is 21.2 Å². The largest absolute Gasteiger partial charge is 0.417 e. The summed E-state index contributed by atoms with van der Waals surface area (Å²) in [6.07, 6.45) is 5.12. The molecule has 0 unspecified atom stereocenters. The number of amides is 4. The Balaban J connectivity index is 1.21. The van der Waals surface area contributed by atoms with Crippen LogP contribution in [0.5, 0.6) is 0 Å². The van der Waals surface area contributed by atoms with Crippen LogP contribution in [0, 0.1) is 12.3 Å². The molecule has 0 spiro atoms. The number of nitrogens with zero attached hydrogens (tertiary/aromatic N) is 5. The maximum Gasteiger partial charge on any atom is 0.417 e. The first-order valence-electron chi connectivity index (χ1n) is 15.1. The Morgan fingerprint density at radius 3 is 2.76 bits per heavy atom. The Hall–Kier alpha value is -5.07. The van der Waals surface area contributed by atoms with Crippen LogP contribution in [0.15, 0.2) is 63.8 Å². The first-order chi connectivity index (χ1) is 23.6. The van der Waals surface area contributed by atoms with Crippen molar-refractivity contribution in [2.45, 2.75) is 31.7 Å². The van der Waals surface area contributed by atoms with Gasteiger partial charge in [0, 0.05) is 19.5 Å². The molecule has 2 aromatic heterocycles. The van der Waals surface area contributed by atoms with Crippen molar-refractivity contribution in [3.63, 3.8) is 0 Å². The molecular weight excluding hydrogens is 691 g/mol. The Morgan fingerprint density at radius 2 is 1.96 bits per heavy atom. The molecule has 5 aromatic rings. The van der Waals surface area contributed by atoms with E-state index in [9.17, 15) is 19.2 Å². The lowest BCUT2D eigenvalue weighted by Gasteiger charge is -2.46. The summed E-state index contributed by atoms with van der Waals surface area (Å²) in [5.74, 6) is 1.30. The lowest BCUT2D eigenvalue weighted by molar-refractivity contribution is -0.157. The highest BCUT2D eigenvalue weighted by Gasteiger charge is 2.52. The number of hydrogen-bond acceptors (Lipinski definition) is 9. The van der Waals surface area contributed by atoms with Crippen molar-refractivity contribution in [1.82, 2.24) is 35.1 Å². The lowest BCUT2D eigenvalue weighted by Crippen LogP contribution is -2.66. The number of halogens is 2. The Bertz CT molecular complexity index is 2230. The second kappa shape index (κ2) is 13.1. The molecule has 0 saturated carbocycles. The monoisotopic (exact) mass is 718 g/mol. The summed E-state index contributed by atoms with van der Waals surface area (Å²) >= 11 is 13.6. The number of urea groups is 1. The maximum absolute atomic E-state index is 14.3. The highest BCUT2D eigenvalue weighted by molar-refractivity contribution is 7.22. The van der Waals surface area contributed by atoms with Crippen molar-refractivity contribution < 1.29 is 18.8 Å². The van der Waals surface area contributed by atoms with Crippen molar-refractivity contribution in [2.24, 2.45) is 0 Å². The summed E-state index contributed by atoms with van der Waals surface area (Å²) in [4.78, 5) is 63.9. The zero-order chi connectivity index (χ0) is 34.4. The average molecular weight is 720 g/mol. The summed E-state index contributed by atoms with van der Waals surface area (Å²) < 4.78 is 6.13. The number of benzene rings is 3. The van der Waals surface area contributed by atoms with Gasteiger partial charge in [0.2, 0.25) is 11.8 Å². The fraction of sp³-hybridized carbons (Fsp3) is 0.242. The standard InChI is InChI=1S/C33H28Cl2N8O5S/c1-2-10-41(32(46)37-14-19-6-8-21(34)22(35)11-19)42-17-28(44)43-24(12-18-7-9-23-25(13-18)48-33(47)38-23)30(45)40(16-27(42)43)15-20-4-3-5-26-29(20)39-31(36)49-26/h1,3-9,11,13,24,27H,10,12,14-17H2,(H2,36,39)(H,37,46)(H,38,47)/t24-,27+/m0/s1. The van der Waals surface area contributed by atoms with E-state index in [0.717, 1.165) is 10.3 Å². The van der Waals surface area contributed by atoms with Crippen LogP contribution in [0.3, 0.4) is 0 Å². The minimum atomic E-state index is -0.939. The molecule has 16 heteroatoms. The van der Waals surface area contributed by atoms with Crippen LogP contribution in [-0.2, 0) is 29.1 Å². The molecule has 2 atom stereocenters. The number of aromatic nitrogens is 2. The van der Waals surface area contributed by atoms with Gasteiger partial charge in [-0.1, -0.05) is 64.7 Å². The number of hydrogen-bond donors (Lipinski definition) is 3. The number of fused-ring (bicyclic) bond motifs is 3. The third-order valence-corrected chi connectivity index (χ3v) is 10.2. The highest BCUT2D eigenvalue weighted by Crippen LogP contribution is 2.33. The molecule has 2 aliphatic heterocycles. The smallest absolute Gasteiger partial charge is 0.408 e. The topological polar surface area (TPSA) is 161 Å². The van der Waals surface area contributed by atoms with Gasteiger partial charge in [0.05, 0.1) is 45.4 Å². The number of para-hydroxylation sites is 1. The number of rotatable bonds is 8. The molecule has 49 heavy (non-hydrogen) atoms. The van der Waals surface area contributed by atoms with Crippen LogP contribution in [0.25, 0.3) is 21.3 Å². The molecule has 0 bridgehead atoms. The van der Waals surface area contributed by atoms with Gasteiger partial charge >= 0.3 is 11.8 Å². The van der Waals surface area contributed by atoms with E-state index < -0.39 is 24.0 Å². The number of hydrazine groups is 1. The molecular formula is C33H28Cl2N8O5S. The van der Waals surface area contributed by atoms with Crippen LogP contribution in [-0.4, -0.2) is 79.5 Å². The zero-order valence-corrected chi connectivity index (χ0v) is 28.0. The summed E-state index contributed by atoms with van der Waals surface area (Å²) in [5.41, 5.74) is 9.73. The van der Waals surface area contributed by atoms with Gasteiger partial charge in [-0.2, -0.15) is 5.01 Å². The number of nitrogen functional groups attached to an aromatic ring is 1. The molecule has 13 nitrogen and oxygen atoms in total. The number of nitrogens with two attached hydrogens (primary N) is 1. The van der Waals surface area contributed by atoms with E-state index in [1.165, 1.54) is 21.2 Å². The number of thiazole rings is 1. The third kappa shape index (κ3) is 6.29. The van der Waals surface area contributed by atoms with E-state index in [1.54, 1.807) is 46.3 Å². The number of H-pyrrole nitrogens is 1. The molecule has 250 valence electrons. The Morgan fingerprint density at radius 1 is 1.14 bits per heavy atom. The van der Waals surface area contributed by atoms with Gasteiger partial charge in [-0.05, 0) is 47.0 Å². The van der Waals surface area contributed by atoms with Gasteiger partial charge in [-0.15, -0.1) is 6.42 Å². The van der Waals surface area contributed by atoms with Crippen molar-refractivity contribution in [3.8, 4) is 12.3 Å². The van der Waals surface area contributed by atoms with Gasteiger partial charge in [-0.25, -0.2) is 19.6 Å². The summed E-state index contributed by atoms with van der Waals surface area (Å²) in [5, 5.41) is 6.92. The molecule has 3 aromatic carbocycles. The predicted octanol–water partition coefficient (Wildman–Crippen LogP) is 3.80. The molecule has 2 aliphatic rings. The van der Waals surface area contributed by atoms with Gasteiger partial charge in [0.25, 0.3) is 0 Å². The van der Waals surface area contributed by atoms with E-state index in [1.807, 2.05) is 18.2 Å². The van der Waals surface area contributed by atoms with E-state index in [0.29, 0.717) is 42.9 Å². The number of oxazole rings is 1. The number of piperazine rings is 1. The average Bonchev–Trinajstić information content (AvgIpc) is 3.75. The van der Waals surface area contributed by atoms with Gasteiger partial charge < -0.3 is 25.3 Å². The second-order valence-corrected chi connectivity index (χ2v) is 13.5. The number of nitrogens with one attached hydrogen (secondary N) is 2. The summed E-state index contributed by atoms with van der Waals surface area (Å²) in [6.45, 7) is 0.0768. The molecule has 0 aliphatic carbocycles. The fourth-order valence-corrected chi connectivity index (χ4v) is 7.47. The van der Waals surface area contributed by atoms with Crippen molar-refractivity contribution >= 4 is 78.8 Å². The van der Waals surface area contributed by atoms with Crippen LogP contribution in [0.2, 0.25) is 10.0 Å². The third-order valence-electron chi connectivity index (χ3n) is 8.57. The summed E-state index contributed by atoms with van der Waals surface area (Å²) in [6, 6.07) is 14.4. The van der Waals surface area contributed by atoms with E-state index >= 15 is 0 Å². The lowest BCUT2D eigenvalue weighted by atomic mass is 9.99. The number of anilines is 1. The molecule has 2 saturated heterocycles. The minimum absolute atomic E-state index is 0.0872. The van der Waals surface area contributed by atoms with Crippen molar-refractivity contribution in [2.75, 3.05) is 25.4 Å². The molecule has 4 amide bonds. The number of carbonyl (C=O) groups is 3. The van der Waals surface area contributed by atoms with Crippen LogP contribution in [0.4, 0.5) is 9.93 Å². The molecule has 2 fully saturated rings. The van der Waals surface area contributed by atoms with Crippen molar-refractivity contribution in [3.05, 3.63) is 91.9 Å². The fourth-order valence-electron chi connectivity index (χ4n) is 6.37. The van der Waals surface area contributed by atoms with E-state index in [4.69, 9.17) is 39.8 Å². The van der Waals surface area contributed by atoms with Crippen LogP contribution >= 0.6 is 34.5 Å². The molecule has 0 radical (unpaired) electrons. The van der Waals surface area contributed by atoms with Crippen LogP contribution < -0.4 is 16.8 Å².